The van der Waals surface area contributed by atoms with Crippen molar-refractivity contribution in [1.29, 1.82) is 0 Å². The van der Waals surface area contributed by atoms with Crippen LogP contribution < -0.4 is 21.3 Å². The Bertz CT molecular complexity index is 742. The number of anilines is 3. The quantitative estimate of drug-likeness (QED) is 0.640. The van der Waals surface area contributed by atoms with Gasteiger partial charge in [-0.05, 0) is 62.2 Å². The van der Waals surface area contributed by atoms with Crippen molar-refractivity contribution >= 4 is 29.0 Å². The van der Waals surface area contributed by atoms with Crippen molar-refractivity contribution < 1.29 is 9.59 Å². The number of benzene rings is 2. The second-order valence-electron chi connectivity index (χ2n) is 6.47. The molecule has 2 aromatic rings. The molecule has 3 amide bonds. The highest BCUT2D eigenvalue weighted by molar-refractivity contribution is 6.00. The standard InChI is InChI=1S/C20H24N4O2/c25-19(10-9-15-11-12-21-14-15)22-17-7-4-8-18(13-17)24-20(26)23-16-5-2-1-3-6-16/h1-8,13,15,21H,9-12,14H2,(H,22,25)(H2,23,24,26). The Hall–Kier alpha value is -2.86. The summed E-state index contributed by atoms with van der Waals surface area (Å²) in [6.45, 7) is 2.05. The third kappa shape index (κ3) is 5.60. The number of nitrogens with one attached hydrogen (secondary N) is 4. The monoisotopic (exact) mass is 352 g/mol. The molecule has 0 aromatic heterocycles. The van der Waals surface area contributed by atoms with Gasteiger partial charge in [-0.3, -0.25) is 4.79 Å². The predicted octanol–water partition coefficient (Wildman–Crippen LogP) is 3.66. The zero-order valence-corrected chi connectivity index (χ0v) is 14.6. The van der Waals surface area contributed by atoms with Gasteiger partial charge in [-0.1, -0.05) is 24.3 Å². The largest absolute Gasteiger partial charge is 0.326 e. The van der Waals surface area contributed by atoms with Crippen molar-refractivity contribution in [3.8, 4) is 0 Å². The van der Waals surface area contributed by atoms with E-state index in [4.69, 9.17) is 0 Å². The highest BCUT2D eigenvalue weighted by Crippen LogP contribution is 2.18. The van der Waals surface area contributed by atoms with Gasteiger partial charge in [0.1, 0.15) is 0 Å². The summed E-state index contributed by atoms with van der Waals surface area (Å²) in [7, 11) is 0. The molecule has 0 bridgehead atoms. The molecule has 0 saturated carbocycles. The number of carbonyl (C=O) groups is 2. The number of rotatable bonds is 6. The van der Waals surface area contributed by atoms with Crippen LogP contribution in [0.4, 0.5) is 21.9 Å². The molecule has 136 valence electrons. The molecular formula is C20H24N4O2. The van der Waals surface area contributed by atoms with Crippen molar-refractivity contribution in [1.82, 2.24) is 5.32 Å². The lowest BCUT2D eigenvalue weighted by molar-refractivity contribution is -0.116. The lowest BCUT2D eigenvalue weighted by Gasteiger charge is -2.11. The maximum Gasteiger partial charge on any atom is 0.323 e. The Morgan fingerprint density at radius 2 is 1.62 bits per heavy atom. The summed E-state index contributed by atoms with van der Waals surface area (Å²) in [4.78, 5) is 24.2. The Morgan fingerprint density at radius 1 is 0.923 bits per heavy atom. The van der Waals surface area contributed by atoms with Crippen LogP contribution in [0.3, 0.4) is 0 Å². The summed E-state index contributed by atoms with van der Waals surface area (Å²) in [6.07, 6.45) is 2.55. The van der Waals surface area contributed by atoms with E-state index in [1.165, 1.54) is 0 Å². The van der Waals surface area contributed by atoms with Gasteiger partial charge in [-0.25, -0.2) is 4.79 Å². The molecule has 6 nitrogen and oxygen atoms in total. The molecule has 6 heteroatoms. The van der Waals surface area contributed by atoms with Crippen LogP contribution in [0.25, 0.3) is 0 Å². The summed E-state index contributed by atoms with van der Waals surface area (Å²) < 4.78 is 0. The first-order chi connectivity index (χ1) is 12.7. The van der Waals surface area contributed by atoms with Crippen LogP contribution in [0.5, 0.6) is 0 Å². The molecule has 1 saturated heterocycles. The molecule has 0 radical (unpaired) electrons. The van der Waals surface area contributed by atoms with Crippen LogP contribution in [0.15, 0.2) is 54.6 Å². The molecule has 1 aliphatic heterocycles. The van der Waals surface area contributed by atoms with Gasteiger partial charge in [-0.2, -0.15) is 0 Å². The van der Waals surface area contributed by atoms with Crippen molar-refractivity contribution in [2.45, 2.75) is 19.3 Å². The van der Waals surface area contributed by atoms with Gasteiger partial charge in [0.25, 0.3) is 0 Å². The first-order valence-corrected chi connectivity index (χ1v) is 8.93. The third-order valence-electron chi connectivity index (χ3n) is 4.38. The zero-order chi connectivity index (χ0) is 18.2. The lowest BCUT2D eigenvalue weighted by atomic mass is 10.0. The van der Waals surface area contributed by atoms with Crippen molar-refractivity contribution in [2.24, 2.45) is 5.92 Å². The van der Waals surface area contributed by atoms with Crippen LogP contribution in [0.2, 0.25) is 0 Å². The first-order valence-electron chi connectivity index (χ1n) is 8.93. The fraction of sp³-hybridized carbons (Fsp3) is 0.300. The number of carbonyl (C=O) groups excluding carboxylic acids is 2. The fourth-order valence-corrected chi connectivity index (χ4v) is 3.01. The zero-order valence-electron chi connectivity index (χ0n) is 14.6. The Balaban J connectivity index is 1.49. The summed E-state index contributed by atoms with van der Waals surface area (Å²) in [5.74, 6) is 0.596. The molecular weight excluding hydrogens is 328 g/mol. The minimum Gasteiger partial charge on any atom is -0.326 e. The van der Waals surface area contributed by atoms with E-state index in [0.29, 0.717) is 23.7 Å². The number of hydrogen-bond acceptors (Lipinski definition) is 3. The van der Waals surface area contributed by atoms with E-state index in [9.17, 15) is 9.59 Å². The van der Waals surface area contributed by atoms with Crippen molar-refractivity contribution in [2.75, 3.05) is 29.0 Å². The highest BCUT2D eigenvalue weighted by atomic mass is 16.2. The molecule has 4 N–H and O–H groups in total. The normalized spacial score (nSPS) is 16.1. The molecule has 3 rings (SSSR count). The van der Waals surface area contributed by atoms with Crippen molar-refractivity contribution in [3.05, 3.63) is 54.6 Å². The minimum absolute atomic E-state index is 0.00258. The Kier molecular flexibility index (Phi) is 6.22. The van der Waals surface area contributed by atoms with E-state index in [2.05, 4.69) is 21.3 Å². The van der Waals surface area contributed by atoms with Gasteiger partial charge in [-0.15, -0.1) is 0 Å². The van der Waals surface area contributed by atoms with Crippen LogP contribution >= 0.6 is 0 Å². The SMILES string of the molecule is O=C(CCC1CCNC1)Nc1cccc(NC(=O)Nc2ccccc2)c1. The molecule has 1 fully saturated rings. The second kappa shape index (κ2) is 9.01. The fourth-order valence-electron chi connectivity index (χ4n) is 3.01. The molecule has 0 spiro atoms. The van der Waals surface area contributed by atoms with Gasteiger partial charge in [0.05, 0.1) is 0 Å². The molecule has 26 heavy (non-hydrogen) atoms. The molecule has 1 aliphatic rings. The van der Waals surface area contributed by atoms with Gasteiger partial charge in [0, 0.05) is 23.5 Å². The number of amides is 3. The lowest BCUT2D eigenvalue weighted by Crippen LogP contribution is -2.19. The summed E-state index contributed by atoms with van der Waals surface area (Å²) in [5, 5.41) is 11.7. The molecule has 1 heterocycles. The van der Waals surface area contributed by atoms with Crippen LogP contribution in [-0.4, -0.2) is 25.0 Å². The Labute approximate surface area is 153 Å². The number of hydrogen-bond donors (Lipinski definition) is 4. The summed E-state index contributed by atoms with van der Waals surface area (Å²) >= 11 is 0. The number of para-hydroxylation sites is 1. The van der Waals surface area contributed by atoms with E-state index >= 15 is 0 Å². The van der Waals surface area contributed by atoms with E-state index in [1.54, 1.807) is 18.2 Å². The highest BCUT2D eigenvalue weighted by Gasteiger charge is 2.15. The van der Waals surface area contributed by atoms with Gasteiger partial charge >= 0.3 is 6.03 Å². The second-order valence-corrected chi connectivity index (χ2v) is 6.47. The topological polar surface area (TPSA) is 82.3 Å². The predicted molar refractivity (Wildman–Crippen MR) is 104 cm³/mol. The smallest absolute Gasteiger partial charge is 0.323 e. The first kappa shape index (κ1) is 17.9. The van der Waals surface area contributed by atoms with Crippen molar-refractivity contribution in [3.63, 3.8) is 0 Å². The van der Waals surface area contributed by atoms with Crippen LogP contribution in [-0.2, 0) is 4.79 Å². The molecule has 1 unspecified atom stereocenters. The van der Waals surface area contributed by atoms with Gasteiger partial charge in [0.15, 0.2) is 0 Å². The van der Waals surface area contributed by atoms with E-state index in [0.717, 1.165) is 31.6 Å². The molecule has 0 aliphatic carbocycles. The Morgan fingerprint density at radius 3 is 2.35 bits per heavy atom. The van der Waals surface area contributed by atoms with E-state index in [1.807, 2.05) is 36.4 Å². The van der Waals surface area contributed by atoms with E-state index < -0.39 is 0 Å². The third-order valence-corrected chi connectivity index (χ3v) is 4.38. The van der Waals surface area contributed by atoms with Gasteiger partial charge < -0.3 is 21.3 Å². The number of urea groups is 1. The summed E-state index contributed by atoms with van der Waals surface area (Å²) in [5.41, 5.74) is 2.02. The average molecular weight is 352 g/mol. The molecule has 2 aromatic carbocycles. The van der Waals surface area contributed by atoms with Crippen LogP contribution in [0, 0.1) is 5.92 Å². The van der Waals surface area contributed by atoms with E-state index in [-0.39, 0.29) is 11.9 Å². The van der Waals surface area contributed by atoms with Gasteiger partial charge in [0.2, 0.25) is 5.91 Å². The van der Waals surface area contributed by atoms with Crippen LogP contribution in [0.1, 0.15) is 19.3 Å². The minimum atomic E-state index is -0.326. The maximum atomic E-state index is 12.1. The molecule has 1 atom stereocenters. The summed E-state index contributed by atoms with van der Waals surface area (Å²) in [6, 6.07) is 16.0. The maximum absolute atomic E-state index is 12.1. The average Bonchev–Trinajstić information content (AvgIpc) is 3.14.